The first-order valence-corrected chi connectivity index (χ1v) is 7.62. The average molecular weight is 331 g/mol. The van der Waals surface area contributed by atoms with Crippen molar-refractivity contribution in [2.45, 2.75) is 12.5 Å². The van der Waals surface area contributed by atoms with Crippen molar-refractivity contribution in [3.05, 3.63) is 29.3 Å². The molecular weight excluding hydrogens is 316 g/mol. The Labute approximate surface area is 131 Å². The van der Waals surface area contributed by atoms with Crippen LogP contribution in [-0.4, -0.2) is 40.9 Å². The smallest absolute Gasteiger partial charge is 0.326 e. The summed E-state index contributed by atoms with van der Waals surface area (Å²) < 4.78 is 0. The molecule has 0 fully saturated rings. The molecule has 0 spiro atoms. The highest BCUT2D eigenvalue weighted by Crippen LogP contribution is 2.20. The third kappa shape index (κ3) is 6.50. The predicted octanol–water partition coefficient (Wildman–Crippen LogP) is 1.60. The maximum atomic E-state index is 11.7. The van der Waals surface area contributed by atoms with Crippen LogP contribution in [0.5, 0.6) is 0 Å². The molecule has 1 aromatic carbocycles. The second-order valence-electron chi connectivity index (χ2n) is 4.04. The lowest BCUT2D eigenvalue weighted by Gasteiger charge is -2.10. The van der Waals surface area contributed by atoms with Gasteiger partial charge in [-0.1, -0.05) is 23.7 Å². The van der Waals surface area contributed by atoms with Crippen LogP contribution >= 0.6 is 23.4 Å². The first kappa shape index (κ1) is 17.3. The maximum Gasteiger partial charge on any atom is 0.326 e. The molecule has 2 amide bonds. The number of amides is 2. The molecule has 0 saturated carbocycles. The Balaban J connectivity index is 2.29. The Morgan fingerprint density at radius 3 is 2.71 bits per heavy atom. The van der Waals surface area contributed by atoms with Gasteiger partial charge in [-0.2, -0.15) is 11.8 Å². The number of carbonyl (C=O) groups excluding carboxylic acids is 2. The third-order valence-electron chi connectivity index (χ3n) is 2.50. The molecule has 0 heterocycles. The predicted molar refractivity (Wildman–Crippen MR) is 82.6 cm³/mol. The fraction of sp³-hybridized carbons (Fsp3) is 0.308. The summed E-state index contributed by atoms with van der Waals surface area (Å²) in [6.07, 6.45) is 0.603. The highest BCUT2D eigenvalue weighted by molar-refractivity contribution is 7.99. The Hall–Kier alpha value is -1.73. The Morgan fingerprint density at radius 1 is 1.38 bits per heavy atom. The van der Waals surface area contributed by atoms with Crippen molar-refractivity contribution in [1.29, 1.82) is 0 Å². The number of hydrogen-bond donors (Lipinski definition) is 3. The normalized spacial score (nSPS) is 11.5. The van der Waals surface area contributed by atoms with Gasteiger partial charge in [0, 0.05) is 0 Å². The van der Waals surface area contributed by atoms with Crippen molar-refractivity contribution in [2.24, 2.45) is 0 Å². The number of rotatable bonds is 9. The number of para-hydroxylation sites is 1. The van der Waals surface area contributed by atoms with E-state index in [-0.39, 0.29) is 18.1 Å². The number of carbonyl (C=O) groups is 3. The van der Waals surface area contributed by atoms with E-state index in [1.165, 1.54) is 11.8 Å². The third-order valence-corrected chi connectivity index (χ3v) is 3.82. The molecule has 1 atom stereocenters. The molecule has 8 heteroatoms. The van der Waals surface area contributed by atoms with Gasteiger partial charge in [0.2, 0.25) is 12.3 Å². The zero-order valence-electron chi connectivity index (χ0n) is 11.0. The second kappa shape index (κ2) is 9.25. The van der Waals surface area contributed by atoms with Gasteiger partial charge in [-0.05, 0) is 24.3 Å². The van der Waals surface area contributed by atoms with Gasteiger partial charge in [0.05, 0.1) is 16.5 Å². The van der Waals surface area contributed by atoms with Crippen LogP contribution in [-0.2, 0) is 14.4 Å². The largest absolute Gasteiger partial charge is 0.480 e. The SMILES string of the molecule is O=CNC(CCSCC(=O)Nc1ccccc1Cl)C(=O)O. The van der Waals surface area contributed by atoms with Crippen LogP contribution in [0, 0.1) is 0 Å². The highest BCUT2D eigenvalue weighted by atomic mass is 35.5. The average Bonchev–Trinajstić information content (AvgIpc) is 2.44. The van der Waals surface area contributed by atoms with Gasteiger partial charge in [-0.15, -0.1) is 0 Å². The van der Waals surface area contributed by atoms with Gasteiger partial charge in [0.15, 0.2) is 0 Å². The number of carboxylic acids is 1. The number of carboxylic acid groups (broad SMARTS) is 1. The fourth-order valence-corrected chi connectivity index (χ4v) is 2.46. The van der Waals surface area contributed by atoms with Crippen LogP contribution in [0.4, 0.5) is 5.69 Å². The number of nitrogens with one attached hydrogen (secondary N) is 2. The van der Waals surface area contributed by atoms with Crippen LogP contribution in [0.2, 0.25) is 5.02 Å². The molecule has 1 unspecified atom stereocenters. The number of aliphatic carboxylic acids is 1. The Morgan fingerprint density at radius 2 is 2.10 bits per heavy atom. The second-order valence-corrected chi connectivity index (χ2v) is 5.56. The summed E-state index contributed by atoms with van der Waals surface area (Å²) in [5.74, 6) is -0.696. The lowest BCUT2D eigenvalue weighted by atomic mass is 10.2. The van der Waals surface area contributed by atoms with Crippen LogP contribution in [0.15, 0.2) is 24.3 Å². The van der Waals surface area contributed by atoms with Crippen LogP contribution in [0.25, 0.3) is 0 Å². The summed E-state index contributed by atoms with van der Waals surface area (Å²) in [6, 6.07) is 5.96. The summed E-state index contributed by atoms with van der Waals surface area (Å²) in [7, 11) is 0. The van der Waals surface area contributed by atoms with Crippen LogP contribution < -0.4 is 10.6 Å². The van der Waals surface area contributed by atoms with E-state index in [1.54, 1.807) is 24.3 Å². The molecule has 0 aliphatic heterocycles. The molecule has 0 saturated heterocycles. The molecule has 0 bridgehead atoms. The molecule has 0 aromatic heterocycles. The molecule has 0 aliphatic rings. The van der Waals surface area contributed by atoms with Crippen molar-refractivity contribution < 1.29 is 19.5 Å². The van der Waals surface area contributed by atoms with Crippen molar-refractivity contribution in [3.63, 3.8) is 0 Å². The zero-order chi connectivity index (χ0) is 15.7. The van der Waals surface area contributed by atoms with Gasteiger partial charge in [0.25, 0.3) is 0 Å². The monoisotopic (exact) mass is 330 g/mol. The van der Waals surface area contributed by atoms with E-state index in [0.717, 1.165) is 0 Å². The standard InChI is InChI=1S/C13H15ClN2O4S/c14-9-3-1-2-4-10(9)16-12(18)7-21-6-5-11(13(19)20)15-8-17/h1-4,8,11H,5-7H2,(H,15,17)(H,16,18)(H,19,20). The summed E-state index contributed by atoms with van der Waals surface area (Å²) in [4.78, 5) is 32.7. The fourth-order valence-electron chi connectivity index (χ4n) is 1.48. The molecule has 3 N–H and O–H groups in total. The zero-order valence-corrected chi connectivity index (χ0v) is 12.6. The molecule has 0 aliphatic carbocycles. The van der Waals surface area contributed by atoms with E-state index in [2.05, 4.69) is 10.6 Å². The molecule has 1 rings (SSSR count). The van der Waals surface area contributed by atoms with Gasteiger partial charge in [-0.25, -0.2) is 4.79 Å². The Kier molecular flexibility index (Phi) is 7.63. The van der Waals surface area contributed by atoms with E-state index in [4.69, 9.17) is 16.7 Å². The highest BCUT2D eigenvalue weighted by Gasteiger charge is 2.15. The summed E-state index contributed by atoms with van der Waals surface area (Å²) in [5.41, 5.74) is 0.538. The van der Waals surface area contributed by atoms with E-state index >= 15 is 0 Å². The van der Waals surface area contributed by atoms with Crippen molar-refractivity contribution in [1.82, 2.24) is 5.32 Å². The first-order valence-electron chi connectivity index (χ1n) is 6.09. The lowest BCUT2D eigenvalue weighted by molar-refractivity contribution is -0.140. The molecular formula is C13H15ClN2O4S. The quantitative estimate of drug-likeness (QED) is 0.472. The van der Waals surface area contributed by atoms with Gasteiger partial charge < -0.3 is 15.7 Å². The number of halogens is 1. The number of benzene rings is 1. The molecule has 0 radical (unpaired) electrons. The van der Waals surface area contributed by atoms with Crippen molar-refractivity contribution in [2.75, 3.05) is 16.8 Å². The maximum absolute atomic E-state index is 11.7. The topological polar surface area (TPSA) is 95.5 Å². The lowest BCUT2D eigenvalue weighted by Crippen LogP contribution is -2.36. The van der Waals surface area contributed by atoms with E-state index in [9.17, 15) is 14.4 Å². The Bertz CT molecular complexity index is 513. The van der Waals surface area contributed by atoms with Gasteiger partial charge in [0.1, 0.15) is 6.04 Å². The number of thioether (sulfide) groups is 1. The van der Waals surface area contributed by atoms with Crippen LogP contribution in [0.3, 0.4) is 0 Å². The van der Waals surface area contributed by atoms with Gasteiger partial charge >= 0.3 is 5.97 Å². The van der Waals surface area contributed by atoms with Crippen LogP contribution in [0.1, 0.15) is 6.42 Å². The summed E-state index contributed by atoms with van der Waals surface area (Å²) in [6.45, 7) is 0. The minimum absolute atomic E-state index is 0.179. The minimum atomic E-state index is -1.09. The number of hydrogen-bond acceptors (Lipinski definition) is 4. The number of anilines is 1. The van der Waals surface area contributed by atoms with Crippen molar-refractivity contribution in [3.8, 4) is 0 Å². The molecule has 21 heavy (non-hydrogen) atoms. The van der Waals surface area contributed by atoms with E-state index < -0.39 is 12.0 Å². The minimum Gasteiger partial charge on any atom is -0.480 e. The van der Waals surface area contributed by atoms with E-state index in [0.29, 0.717) is 22.9 Å². The molecule has 1 aromatic rings. The summed E-state index contributed by atoms with van der Waals surface area (Å²) >= 11 is 7.20. The van der Waals surface area contributed by atoms with Gasteiger partial charge in [-0.3, -0.25) is 9.59 Å². The summed E-state index contributed by atoms with van der Waals surface area (Å²) in [5, 5.41) is 14.1. The van der Waals surface area contributed by atoms with Crippen molar-refractivity contribution >= 4 is 47.3 Å². The molecule has 6 nitrogen and oxygen atoms in total. The first-order chi connectivity index (χ1) is 10.0. The molecule has 114 valence electrons. The van der Waals surface area contributed by atoms with E-state index in [1.807, 2.05) is 0 Å².